The molecular formula is C62H52BrClF16N8O4S4. The number of pyridine rings is 2. The molecule has 0 bridgehead atoms. The first-order valence-electron chi connectivity index (χ1n) is 28.1. The number of nitrogens with zero attached hydrogens (tertiary/aromatic N) is 7. The number of hydrogen-bond acceptors (Lipinski definition) is 14. The van der Waals surface area contributed by atoms with E-state index in [1.165, 1.54) is 18.9 Å². The zero-order valence-corrected chi connectivity index (χ0v) is 54.8. The lowest BCUT2D eigenvalue weighted by atomic mass is 9.86. The van der Waals surface area contributed by atoms with Crippen LogP contribution < -0.4 is 5.32 Å². The molecule has 4 aromatic heterocycles. The van der Waals surface area contributed by atoms with Crippen LogP contribution in [0.5, 0.6) is 0 Å². The second-order valence-electron chi connectivity index (χ2n) is 21.1. The van der Waals surface area contributed by atoms with Crippen molar-refractivity contribution in [1.82, 2.24) is 38.9 Å². The topological polar surface area (TPSA) is 161 Å². The lowest BCUT2D eigenvalue weighted by molar-refractivity contribution is -0.190. The molecular weight excluding hydrogens is 1470 g/mol. The fraction of sp³-hybridized carbons (Fsp3) is 0.290. The minimum Gasteiger partial charge on any atom is -0.310 e. The molecule has 0 radical (unpaired) electrons. The second kappa shape index (κ2) is 33.5. The van der Waals surface area contributed by atoms with Crippen LogP contribution in [-0.4, -0.2) is 75.9 Å². The SMILES string of the molecule is FC(F)(F)[C@@H]1CCN[C@H](c2ccccc2)C1.FC(F)(F)c1ccnc(-c2ccccc2)c1.FC(F)(F)c1ccnc(Br)c1.O=S(=O)(Cc1ncns1)c1cc(F)c(CCl)cc1F.O=S(=O)(Cc1ncns1)c1cc(F)c(CN2CC[C@@H](C(F)(F)F)C[C@H]2c2ccccc2)cc1F. The van der Waals surface area contributed by atoms with Crippen molar-refractivity contribution in [2.75, 3.05) is 13.1 Å². The van der Waals surface area contributed by atoms with Gasteiger partial charge in [-0.1, -0.05) is 91.0 Å². The Morgan fingerprint density at radius 3 is 1.48 bits per heavy atom. The molecule has 0 saturated carbocycles. The van der Waals surface area contributed by atoms with Gasteiger partial charge in [0.15, 0.2) is 19.7 Å². The Morgan fingerprint density at radius 1 is 0.542 bits per heavy atom. The van der Waals surface area contributed by atoms with Gasteiger partial charge in [0.25, 0.3) is 0 Å². The predicted octanol–water partition coefficient (Wildman–Crippen LogP) is 17.8. The highest BCUT2D eigenvalue weighted by Crippen LogP contribution is 2.44. The number of likely N-dealkylation sites (tertiary alicyclic amines) is 1. The molecule has 0 amide bonds. The van der Waals surface area contributed by atoms with Crippen LogP contribution in [-0.2, 0) is 56.0 Å². The van der Waals surface area contributed by atoms with Gasteiger partial charge in [-0.3, -0.25) is 9.88 Å². The number of rotatable bonds is 12. The molecule has 1 N–H and O–H groups in total. The number of benzene rings is 5. The largest absolute Gasteiger partial charge is 0.416 e. The van der Waals surface area contributed by atoms with Crippen LogP contribution in [0.1, 0.15) is 81.2 Å². The van der Waals surface area contributed by atoms with E-state index in [4.69, 9.17) is 11.6 Å². The summed E-state index contributed by atoms with van der Waals surface area (Å²) in [7, 11) is -8.22. The van der Waals surface area contributed by atoms with Crippen LogP contribution >= 0.6 is 50.6 Å². The zero-order chi connectivity index (χ0) is 70.2. The third-order valence-electron chi connectivity index (χ3n) is 14.5. The minimum atomic E-state index is -4.35. The standard InChI is InChI=1S/C22H20F5N3O2S2.C12H14F3N.C12H8F3N.C10H7ClF2N2O2S2.C6H3BrF3N/c23-17-10-20(34(31,32)12-21-28-13-29-33-21)18(24)8-15(17)11-30-7-6-16(22(25,26)27)9-19(30)14-4-2-1-3-5-14;2*13-12(14,15)10-6-7-16-11(8-10)9-4-2-1-3-5-9;11-3-6-1-8(13)9(2-7(6)12)19(16,17)4-10-14-5-15-18-10;7-5-3-4(1-2-11-5)6(8,9)10/h1-5,8,10,13,16,19H,6-7,9,11-12H2;1-5,10-11,16H,6-8H2;1-8H;1-2,5H,3-4H2;1-3H/t16-,19+;10-,11+;;;/m11.../s1. The van der Waals surface area contributed by atoms with Crippen molar-refractivity contribution in [2.45, 2.75) is 96.2 Å². The number of piperidine rings is 2. The smallest absolute Gasteiger partial charge is 0.310 e. The molecule has 2 aliphatic rings. The van der Waals surface area contributed by atoms with Crippen LogP contribution in [0.4, 0.5) is 70.2 Å². The molecule has 0 spiro atoms. The molecule has 12 nitrogen and oxygen atoms in total. The van der Waals surface area contributed by atoms with E-state index in [1.807, 2.05) is 30.3 Å². The maximum absolute atomic E-state index is 14.9. The van der Waals surface area contributed by atoms with Crippen molar-refractivity contribution in [1.29, 1.82) is 0 Å². The second-order valence-corrected chi connectivity index (χ2v) is 27.8. The Labute approximate surface area is 561 Å². The quantitative estimate of drug-likeness (QED) is 0.0701. The molecule has 6 heterocycles. The van der Waals surface area contributed by atoms with E-state index in [0.717, 1.165) is 71.2 Å². The fourth-order valence-electron chi connectivity index (χ4n) is 9.69. The van der Waals surface area contributed by atoms with Crippen LogP contribution in [0.25, 0.3) is 11.3 Å². The highest BCUT2D eigenvalue weighted by atomic mass is 79.9. The van der Waals surface area contributed by atoms with Crippen molar-refractivity contribution in [2.24, 2.45) is 11.8 Å². The van der Waals surface area contributed by atoms with E-state index in [9.17, 15) is 87.1 Å². The van der Waals surface area contributed by atoms with Gasteiger partial charge in [0.1, 0.15) is 71.8 Å². The summed E-state index contributed by atoms with van der Waals surface area (Å²) >= 11 is 9.98. The molecule has 5 aromatic carbocycles. The monoisotopic (exact) mass is 1520 g/mol. The fourth-order valence-corrected chi connectivity index (χ4v) is 14.6. The summed E-state index contributed by atoms with van der Waals surface area (Å²) in [5.41, 5.74) is 1.00. The first kappa shape index (κ1) is 76.4. The average Bonchev–Trinajstić information content (AvgIpc) is 1.12. The zero-order valence-electron chi connectivity index (χ0n) is 49.2. The first-order valence-corrected chi connectivity index (χ1v) is 34.3. The van der Waals surface area contributed by atoms with Crippen LogP contribution in [0.2, 0.25) is 0 Å². The van der Waals surface area contributed by atoms with E-state index in [2.05, 4.69) is 49.9 Å². The molecule has 11 rings (SSSR count). The Balaban J connectivity index is 0.000000180. The van der Waals surface area contributed by atoms with E-state index in [1.54, 1.807) is 65.6 Å². The first-order chi connectivity index (χ1) is 45.1. The average molecular weight is 1520 g/mol. The maximum Gasteiger partial charge on any atom is 0.416 e. The van der Waals surface area contributed by atoms with Crippen LogP contribution in [0, 0.1) is 35.1 Å². The molecule has 4 atom stereocenters. The van der Waals surface area contributed by atoms with E-state index in [0.29, 0.717) is 35.5 Å². The van der Waals surface area contributed by atoms with Gasteiger partial charge in [0.05, 0.1) is 34.5 Å². The number of sulfone groups is 2. The van der Waals surface area contributed by atoms with Gasteiger partial charge in [0, 0.05) is 47.7 Å². The summed E-state index contributed by atoms with van der Waals surface area (Å²) in [4.78, 5) is 15.1. The summed E-state index contributed by atoms with van der Waals surface area (Å²) in [5.74, 6) is -7.98. The predicted molar refractivity (Wildman–Crippen MR) is 330 cm³/mol. The third-order valence-corrected chi connectivity index (χ3v) is 20.2. The molecule has 34 heteroatoms. The van der Waals surface area contributed by atoms with E-state index in [-0.39, 0.29) is 76.4 Å². The Morgan fingerprint density at radius 2 is 1.01 bits per heavy atom. The van der Waals surface area contributed by atoms with Crippen LogP contribution in [0.15, 0.2) is 179 Å². The summed E-state index contributed by atoms with van der Waals surface area (Å²) in [6, 6.07) is 32.6. The molecule has 2 saturated heterocycles. The van der Waals surface area contributed by atoms with Gasteiger partial charge in [-0.05, 0) is 137 Å². The Hall–Kier alpha value is -7.01. The number of halogens is 18. The van der Waals surface area contributed by atoms with Gasteiger partial charge < -0.3 is 5.32 Å². The van der Waals surface area contributed by atoms with Crippen molar-refractivity contribution in [3.05, 3.63) is 236 Å². The highest BCUT2D eigenvalue weighted by molar-refractivity contribution is 9.10. The maximum atomic E-state index is 14.9. The molecule has 0 aliphatic carbocycles. The van der Waals surface area contributed by atoms with Crippen molar-refractivity contribution >= 4 is 70.3 Å². The Bertz CT molecular complexity index is 4170. The van der Waals surface area contributed by atoms with Crippen LogP contribution in [0.3, 0.4) is 0 Å². The van der Waals surface area contributed by atoms with Gasteiger partial charge in [-0.2, -0.15) is 61.4 Å². The Kier molecular flexibility index (Phi) is 26.6. The number of aromatic nitrogens is 6. The lowest BCUT2D eigenvalue weighted by Gasteiger charge is -2.40. The van der Waals surface area contributed by atoms with Crippen molar-refractivity contribution in [3.8, 4) is 11.3 Å². The van der Waals surface area contributed by atoms with Gasteiger partial charge in [-0.15, -0.1) is 11.6 Å². The summed E-state index contributed by atoms with van der Waals surface area (Å²) in [5, 5.41) is 3.49. The summed E-state index contributed by atoms with van der Waals surface area (Å²) < 4.78 is 265. The van der Waals surface area contributed by atoms with E-state index < -0.39 is 118 Å². The molecule has 96 heavy (non-hydrogen) atoms. The highest BCUT2D eigenvalue weighted by Gasteiger charge is 2.45. The van der Waals surface area contributed by atoms with Crippen molar-refractivity contribution in [3.63, 3.8) is 0 Å². The number of nitrogens with one attached hydrogen (secondary N) is 1. The van der Waals surface area contributed by atoms with Gasteiger partial charge in [0.2, 0.25) is 0 Å². The third kappa shape index (κ3) is 22.3. The summed E-state index contributed by atoms with van der Waals surface area (Å²) in [6.07, 6.45) is -12.4. The molecule has 2 fully saturated rings. The molecule has 2 aliphatic heterocycles. The molecule has 9 aromatic rings. The minimum absolute atomic E-state index is 0.0297. The lowest BCUT2D eigenvalue weighted by Crippen LogP contribution is -2.41. The van der Waals surface area contributed by atoms with Crippen molar-refractivity contribution < 1.29 is 87.1 Å². The number of alkyl halides is 13. The van der Waals surface area contributed by atoms with Gasteiger partial charge in [-0.25, -0.2) is 49.3 Å². The van der Waals surface area contributed by atoms with E-state index >= 15 is 0 Å². The van der Waals surface area contributed by atoms with Gasteiger partial charge >= 0.3 is 24.7 Å². The summed E-state index contributed by atoms with van der Waals surface area (Å²) in [6.45, 7) is 0.301. The normalized spacial score (nSPS) is 17.1. The molecule has 0 unspecified atom stereocenters. The molecule has 514 valence electrons. The number of hydrogen-bond donors (Lipinski definition) is 1.